The van der Waals surface area contributed by atoms with E-state index in [0.29, 0.717) is 28.9 Å². The lowest BCUT2D eigenvalue weighted by Gasteiger charge is -2.16. The molecule has 6 nitrogen and oxygen atoms in total. The van der Waals surface area contributed by atoms with Crippen LogP contribution in [-0.4, -0.2) is 35.1 Å². The Hall–Kier alpha value is -3.28. The molecular weight excluding hydrogens is 332 g/mol. The van der Waals surface area contributed by atoms with Gasteiger partial charge in [0, 0.05) is 6.54 Å². The van der Waals surface area contributed by atoms with E-state index in [2.05, 4.69) is 0 Å². The molecule has 26 heavy (non-hydrogen) atoms. The number of amides is 4. The summed E-state index contributed by atoms with van der Waals surface area (Å²) in [4.78, 5) is 52.5. The summed E-state index contributed by atoms with van der Waals surface area (Å²) in [5, 5.41) is 0. The number of imide groups is 2. The van der Waals surface area contributed by atoms with Gasteiger partial charge in [0.15, 0.2) is 0 Å². The van der Waals surface area contributed by atoms with E-state index in [0.717, 1.165) is 4.90 Å². The molecule has 2 aliphatic heterocycles. The van der Waals surface area contributed by atoms with Crippen LogP contribution in [0.2, 0.25) is 0 Å². The van der Waals surface area contributed by atoms with Crippen molar-refractivity contribution in [3.05, 3.63) is 64.7 Å². The van der Waals surface area contributed by atoms with Crippen LogP contribution in [0.3, 0.4) is 0 Å². The molecule has 0 aliphatic carbocycles. The molecule has 0 fully saturated rings. The number of hydrogen-bond donors (Lipinski definition) is 0. The lowest BCUT2D eigenvalue weighted by molar-refractivity contribution is 0.0635. The SMILES string of the molecule is CC(C)CN1C(=O)c2ccc(N3C(=O)c4ccccc4C3=O)cc2C1=O. The molecule has 0 spiro atoms. The van der Waals surface area contributed by atoms with Gasteiger partial charge >= 0.3 is 0 Å². The number of fused-ring (bicyclic) bond motifs is 2. The predicted molar refractivity (Wildman–Crippen MR) is 94.2 cm³/mol. The zero-order valence-electron chi connectivity index (χ0n) is 14.4. The van der Waals surface area contributed by atoms with Gasteiger partial charge in [0.2, 0.25) is 0 Å². The van der Waals surface area contributed by atoms with Crippen molar-refractivity contribution in [2.45, 2.75) is 13.8 Å². The number of benzene rings is 2. The number of rotatable bonds is 3. The number of carbonyl (C=O) groups excluding carboxylic acids is 4. The van der Waals surface area contributed by atoms with E-state index in [9.17, 15) is 19.2 Å². The summed E-state index contributed by atoms with van der Waals surface area (Å²) in [6.07, 6.45) is 0. The molecule has 0 saturated heterocycles. The molecule has 0 aromatic heterocycles. The van der Waals surface area contributed by atoms with Crippen LogP contribution in [0.4, 0.5) is 5.69 Å². The van der Waals surface area contributed by atoms with Gasteiger partial charge in [-0.3, -0.25) is 24.1 Å². The molecule has 0 atom stereocenters. The summed E-state index contributed by atoms with van der Waals surface area (Å²) >= 11 is 0. The Kier molecular flexibility index (Phi) is 3.50. The summed E-state index contributed by atoms with van der Waals surface area (Å²) in [7, 11) is 0. The minimum absolute atomic E-state index is 0.146. The van der Waals surface area contributed by atoms with Crippen LogP contribution >= 0.6 is 0 Å². The van der Waals surface area contributed by atoms with Gasteiger partial charge in [0.25, 0.3) is 23.6 Å². The maximum atomic E-state index is 12.6. The number of anilines is 1. The first-order chi connectivity index (χ1) is 12.4. The second-order valence-electron chi connectivity index (χ2n) is 6.84. The topological polar surface area (TPSA) is 74.8 Å². The van der Waals surface area contributed by atoms with Crippen LogP contribution in [-0.2, 0) is 0 Å². The summed E-state index contributed by atoms with van der Waals surface area (Å²) in [5.41, 5.74) is 1.49. The van der Waals surface area contributed by atoms with Crippen LogP contribution < -0.4 is 4.90 Å². The minimum Gasteiger partial charge on any atom is -0.274 e. The second kappa shape index (κ2) is 5.62. The fraction of sp³-hybridized carbons (Fsp3) is 0.200. The van der Waals surface area contributed by atoms with Gasteiger partial charge in [-0.05, 0) is 36.2 Å². The molecule has 6 heteroatoms. The first-order valence-electron chi connectivity index (χ1n) is 8.38. The van der Waals surface area contributed by atoms with E-state index in [-0.39, 0.29) is 17.4 Å². The molecule has 2 aliphatic rings. The molecule has 0 unspecified atom stereocenters. The molecule has 0 bridgehead atoms. The highest BCUT2D eigenvalue weighted by Crippen LogP contribution is 2.32. The van der Waals surface area contributed by atoms with E-state index in [1.807, 2.05) is 13.8 Å². The summed E-state index contributed by atoms with van der Waals surface area (Å²) in [5.74, 6) is -1.44. The van der Waals surface area contributed by atoms with Gasteiger partial charge in [-0.15, -0.1) is 0 Å². The Morgan fingerprint density at radius 1 is 0.731 bits per heavy atom. The van der Waals surface area contributed by atoms with Gasteiger partial charge in [-0.2, -0.15) is 0 Å². The Morgan fingerprint density at radius 2 is 1.27 bits per heavy atom. The third kappa shape index (κ3) is 2.19. The predicted octanol–water partition coefficient (Wildman–Crippen LogP) is 2.74. The maximum Gasteiger partial charge on any atom is 0.266 e. The van der Waals surface area contributed by atoms with Crippen LogP contribution in [0.25, 0.3) is 0 Å². The number of nitrogens with zero attached hydrogens (tertiary/aromatic N) is 2. The lowest BCUT2D eigenvalue weighted by Crippen LogP contribution is -2.33. The van der Waals surface area contributed by atoms with Crippen LogP contribution in [0.5, 0.6) is 0 Å². The smallest absolute Gasteiger partial charge is 0.266 e. The monoisotopic (exact) mass is 348 g/mol. The third-order valence-electron chi connectivity index (χ3n) is 4.55. The standard InChI is InChI=1S/C20H16N2O4/c1-11(2)10-21-17(23)15-8-7-12(9-16(15)18(21)24)22-19(25)13-5-3-4-6-14(13)20(22)26/h3-9,11H,10H2,1-2H3. The Balaban J connectivity index is 1.74. The Labute approximate surface area is 150 Å². The number of hydrogen-bond acceptors (Lipinski definition) is 4. The van der Waals surface area contributed by atoms with E-state index in [1.54, 1.807) is 24.3 Å². The van der Waals surface area contributed by atoms with Crippen molar-refractivity contribution in [3.8, 4) is 0 Å². The van der Waals surface area contributed by atoms with Crippen molar-refractivity contribution in [2.24, 2.45) is 5.92 Å². The Bertz CT molecular complexity index is 958. The first-order valence-corrected chi connectivity index (χ1v) is 8.38. The van der Waals surface area contributed by atoms with Crippen molar-refractivity contribution in [3.63, 3.8) is 0 Å². The maximum absolute atomic E-state index is 12.6. The van der Waals surface area contributed by atoms with Crippen LogP contribution in [0.1, 0.15) is 55.3 Å². The largest absolute Gasteiger partial charge is 0.274 e. The average Bonchev–Trinajstić information content (AvgIpc) is 3.01. The number of carbonyl (C=O) groups is 4. The molecule has 4 rings (SSSR count). The van der Waals surface area contributed by atoms with Gasteiger partial charge in [-0.25, -0.2) is 4.90 Å². The summed E-state index contributed by atoms with van der Waals surface area (Å²) in [6, 6.07) is 11.1. The zero-order chi connectivity index (χ0) is 18.6. The van der Waals surface area contributed by atoms with E-state index >= 15 is 0 Å². The average molecular weight is 348 g/mol. The van der Waals surface area contributed by atoms with E-state index in [4.69, 9.17) is 0 Å². The van der Waals surface area contributed by atoms with Crippen molar-refractivity contribution in [1.29, 1.82) is 0 Å². The lowest BCUT2D eigenvalue weighted by atomic mass is 10.1. The molecule has 2 aromatic rings. The molecule has 0 radical (unpaired) electrons. The van der Waals surface area contributed by atoms with Crippen molar-refractivity contribution < 1.29 is 19.2 Å². The Morgan fingerprint density at radius 3 is 1.85 bits per heavy atom. The summed E-state index contributed by atoms with van der Waals surface area (Å²) < 4.78 is 0. The van der Waals surface area contributed by atoms with Gasteiger partial charge in [0.1, 0.15) is 0 Å². The van der Waals surface area contributed by atoms with E-state index in [1.165, 1.54) is 23.1 Å². The van der Waals surface area contributed by atoms with Crippen LogP contribution in [0, 0.1) is 5.92 Å². The van der Waals surface area contributed by atoms with Crippen molar-refractivity contribution in [1.82, 2.24) is 4.90 Å². The highest BCUT2D eigenvalue weighted by atomic mass is 16.2. The van der Waals surface area contributed by atoms with Gasteiger partial charge in [0.05, 0.1) is 27.9 Å². The second-order valence-corrected chi connectivity index (χ2v) is 6.84. The molecule has 2 aromatic carbocycles. The zero-order valence-corrected chi connectivity index (χ0v) is 14.4. The molecule has 2 heterocycles. The molecule has 0 saturated carbocycles. The molecular formula is C20H16N2O4. The summed E-state index contributed by atoms with van der Waals surface area (Å²) in [6.45, 7) is 4.18. The molecule has 0 N–H and O–H groups in total. The first kappa shape index (κ1) is 16.2. The quantitative estimate of drug-likeness (QED) is 0.800. The molecule has 4 amide bonds. The molecule has 130 valence electrons. The van der Waals surface area contributed by atoms with Gasteiger partial charge < -0.3 is 0 Å². The van der Waals surface area contributed by atoms with E-state index < -0.39 is 17.7 Å². The van der Waals surface area contributed by atoms with Crippen molar-refractivity contribution >= 4 is 29.3 Å². The fourth-order valence-corrected chi connectivity index (χ4v) is 3.37. The highest BCUT2D eigenvalue weighted by Gasteiger charge is 2.39. The fourth-order valence-electron chi connectivity index (χ4n) is 3.37. The third-order valence-corrected chi connectivity index (χ3v) is 4.55. The van der Waals surface area contributed by atoms with Crippen molar-refractivity contribution in [2.75, 3.05) is 11.4 Å². The minimum atomic E-state index is -0.429. The van der Waals surface area contributed by atoms with Gasteiger partial charge in [-0.1, -0.05) is 26.0 Å². The van der Waals surface area contributed by atoms with Crippen LogP contribution in [0.15, 0.2) is 42.5 Å². The highest BCUT2D eigenvalue weighted by molar-refractivity contribution is 6.34. The normalized spacial score (nSPS) is 16.0.